The maximum absolute atomic E-state index is 10.4. The van der Waals surface area contributed by atoms with Crippen molar-refractivity contribution in [1.29, 1.82) is 0 Å². The highest BCUT2D eigenvalue weighted by molar-refractivity contribution is 5.44. The highest BCUT2D eigenvalue weighted by Crippen LogP contribution is 2.50. The molecule has 3 heteroatoms. The summed E-state index contributed by atoms with van der Waals surface area (Å²) in [5.41, 5.74) is 0.741. The number of hydrogen-bond acceptors (Lipinski definition) is 3. The number of aliphatic hydroxyl groups is 1. The molecule has 1 spiro atoms. The molecule has 1 aliphatic carbocycles. The lowest BCUT2D eigenvalue weighted by molar-refractivity contribution is -0.0123. The Kier molecular flexibility index (Phi) is 3.17. The second-order valence-electron chi connectivity index (χ2n) is 5.93. The molecule has 1 fully saturated rings. The molecule has 3 unspecified atom stereocenters. The number of rotatable bonds is 2. The third-order valence-corrected chi connectivity index (χ3v) is 4.72. The zero-order valence-electron chi connectivity index (χ0n) is 11.7. The number of ether oxygens (including phenoxy) is 2. The van der Waals surface area contributed by atoms with Crippen LogP contribution in [0.5, 0.6) is 11.5 Å². The second kappa shape index (κ2) is 4.71. The highest BCUT2D eigenvalue weighted by Gasteiger charge is 2.45. The molecule has 104 valence electrons. The van der Waals surface area contributed by atoms with Crippen LogP contribution in [0.25, 0.3) is 0 Å². The normalized spacial score (nSPS) is 33.0. The van der Waals surface area contributed by atoms with Gasteiger partial charge in [-0.25, -0.2) is 0 Å². The SMILES string of the molecule is CCC1CCC2(C1)CC(O)c1ccc(OC)cc1O2. The Morgan fingerprint density at radius 3 is 2.95 bits per heavy atom. The molecule has 2 aliphatic rings. The molecular weight excluding hydrogens is 240 g/mol. The average molecular weight is 262 g/mol. The standard InChI is InChI=1S/C16H22O3/c1-3-11-6-7-16(9-11)10-14(17)13-5-4-12(18-2)8-15(13)19-16/h4-5,8,11,14,17H,3,6-7,9-10H2,1-2H3. The summed E-state index contributed by atoms with van der Waals surface area (Å²) in [7, 11) is 1.65. The molecule has 3 rings (SSSR count). The van der Waals surface area contributed by atoms with E-state index in [2.05, 4.69) is 6.92 Å². The van der Waals surface area contributed by atoms with Gasteiger partial charge in [-0.2, -0.15) is 0 Å². The van der Waals surface area contributed by atoms with Crippen LogP contribution >= 0.6 is 0 Å². The summed E-state index contributed by atoms with van der Waals surface area (Å²) in [6.45, 7) is 2.24. The van der Waals surface area contributed by atoms with Gasteiger partial charge in [-0.1, -0.05) is 13.3 Å². The second-order valence-corrected chi connectivity index (χ2v) is 5.93. The third kappa shape index (κ3) is 2.20. The minimum atomic E-state index is -0.412. The Morgan fingerprint density at radius 2 is 2.26 bits per heavy atom. The molecule has 1 aliphatic heterocycles. The molecule has 1 aromatic carbocycles. The van der Waals surface area contributed by atoms with E-state index in [0.29, 0.717) is 0 Å². The molecule has 19 heavy (non-hydrogen) atoms. The van der Waals surface area contributed by atoms with Gasteiger partial charge in [0.15, 0.2) is 0 Å². The van der Waals surface area contributed by atoms with E-state index in [9.17, 15) is 5.11 Å². The summed E-state index contributed by atoms with van der Waals surface area (Å²) >= 11 is 0. The Hall–Kier alpha value is -1.22. The van der Waals surface area contributed by atoms with Crippen LogP contribution in [0.2, 0.25) is 0 Å². The Bertz CT molecular complexity index is 471. The van der Waals surface area contributed by atoms with Crippen molar-refractivity contribution in [2.45, 2.75) is 50.7 Å². The lowest BCUT2D eigenvalue weighted by Crippen LogP contribution is -2.38. The van der Waals surface area contributed by atoms with E-state index < -0.39 is 6.10 Å². The summed E-state index contributed by atoms with van der Waals surface area (Å²) in [5, 5.41) is 10.4. The average Bonchev–Trinajstić information content (AvgIpc) is 2.80. The number of aliphatic hydroxyl groups excluding tert-OH is 1. The molecular formula is C16H22O3. The van der Waals surface area contributed by atoms with Gasteiger partial charge < -0.3 is 14.6 Å². The zero-order valence-corrected chi connectivity index (χ0v) is 11.7. The first-order valence-corrected chi connectivity index (χ1v) is 7.21. The fourth-order valence-corrected chi connectivity index (χ4v) is 3.57. The summed E-state index contributed by atoms with van der Waals surface area (Å²) in [5.74, 6) is 2.32. The van der Waals surface area contributed by atoms with Gasteiger partial charge in [0.05, 0.1) is 13.2 Å². The third-order valence-electron chi connectivity index (χ3n) is 4.72. The van der Waals surface area contributed by atoms with E-state index in [1.165, 1.54) is 12.8 Å². The van der Waals surface area contributed by atoms with Crippen molar-refractivity contribution in [3.8, 4) is 11.5 Å². The number of hydrogen-bond donors (Lipinski definition) is 1. The predicted molar refractivity (Wildman–Crippen MR) is 73.6 cm³/mol. The smallest absolute Gasteiger partial charge is 0.129 e. The molecule has 1 heterocycles. The van der Waals surface area contributed by atoms with Crippen LogP contribution in [0.3, 0.4) is 0 Å². The molecule has 0 saturated heterocycles. The zero-order chi connectivity index (χ0) is 13.5. The van der Waals surface area contributed by atoms with Crippen molar-refractivity contribution in [3.05, 3.63) is 23.8 Å². The van der Waals surface area contributed by atoms with E-state index in [1.807, 2.05) is 18.2 Å². The van der Waals surface area contributed by atoms with Gasteiger partial charge in [0.1, 0.15) is 17.1 Å². The Balaban J connectivity index is 1.90. The number of methoxy groups -OCH3 is 1. The molecule has 0 aromatic heterocycles. The van der Waals surface area contributed by atoms with Gasteiger partial charge in [-0.15, -0.1) is 0 Å². The van der Waals surface area contributed by atoms with E-state index in [-0.39, 0.29) is 5.60 Å². The van der Waals surface area contributed by atoms with Crippen LogP contribution in [0.15, 0.2) is 18.2 Å². The lowest BCUT2D eigenvalue weighted by atomic mass is 9.86. The van der Waals surface area contributed by atoms with Gasteiger partial charge >= 0.3 is 0 Å². The van der Waals surface area contributed by atoms with E-state index in [0.717, 1.165) is 42.2 Å². The fourth-order valence-electron chi connectivity index (χ4n) is 3.57. The first-order valence-electron chi connectivity index (χ1n) is 7.21. The lowest BCUT2D eigenvalue weighted by Gasteiger charge is -2.38. The van der Waals surface area contributed by atoms with E-state index in [4.69, 9.17) is 9.47 Å². The van der Waals surface area contributed by atoms with Crippen molar-refractivity contribution in [3.63, 3.8) is 0 Å². The summed E-state index contributed by atoms with van der Waals surface area (Å²) in [6.07, 6.45) is 4.85. The molecule has 3 nitrogen and oxygen atoms in total. The summed E-state index contributed by atoms with van der Waals surface area (Å²) < 4.78 is 11.5. The molecule has 1 N–H and O–H groups in total. The van der Waals surface area contributed by atoms with Crippen LogP contribution in [0.1, 0.15) is 50.7 Å². The molecule has 0 bridgehead atoms. The predicted octanol–water partition coefficient (Wildman–Crippen LogP) is 3.46. The summed E-state index contributed by atoms with van der Waals surface area (Å²) in [4.78, 5) is 0. The van der Waals surface area contributed by atoms with Crippen LogP contribution < -0.4 is 9.47 Å². The highest BCUT2D eigenvalue weighted by atomic mass is 16.5. The molecule has 1 saturated carbocycles. The molecule has 0 radical (unpaired) electrons. The quantitative estimate of drug-likeness (QED) is 0.887. The maximum atomic E-state index is 10.4. The van der Waals surface area contributed by atoms with Crippen molar-refractivity contribution in [2.24, 2.45) is 5.92 Å². The Labute approximate surface area is 114 Å². The largest absolute Gasteiger partial charge is 0.497 e. The minimum Gasteiger partial charge on any atom is -0.497 e. The maximum Gasteiger partial charge on any atom is 0.129 e. The first kappa shape index (κ1) is 12.8. The minimum absolute atomic E-state index is 0.153. The topological polar surface area (TPSA) is 38.7 Å². The van der Waals surface area contributed by atoms with Crippen LogP contribution in [-0.2, 0) is 0 Å². The van der Waals surface area contributed by atoms with Gasteiger partial charge in [0.25, 0.3) is 0 Å². The van der Waals surface area contributed by atoms with Crippen molar-refractivity contribution >= 4 is 0 Å². The molecule has 3 atom stereocenters. The first-order chi connectivity index (χ1) is 9.15. The van der Waals surface area contributed by atoms with Gasteiger partial charge in [-0.05, 0) is 37.3 Å². The van der Waals surface area contributed by atoms with Gasteiger partial charge in [0, 0.05) is 18.1 Å². The number of benzene rings is 1. The molecule has 1 aromatic rings. The van der Waals surface area contributed by atoms with Crippen LogP contribution in [0, 0.1) is 5.92 Å². The van der Waals surface area contributed by atoms with Gasteiger partial charge in [-0.3, -0.25) is 0 Å². The van der Waals surface area contributed by atoms with Crippen LogP contribution in [0.4, 0.5) is 0 Å². The van der Waals surface area contributed by atoms with Crippen molar-refractivity contribution in [1.82, 2.24) is 0 Å². The fraction of sp³-hybridized carbons (Fsp3) is 0.625. The van der Waals surface area contributed by atoms with Crippen LogP contribution in [-0.4, -0.2) is 17.8 Å². The van der Waals surface area contributed by atoms with Crippen molar-refractivity contribution in [2.75, 3.05) is 7.11 Å². The van der Waals surface area contributed by atoms with E-state index in [1.54, 1.807) is 7.11 Å². The monoisotopic (exact) mass is 262 g/mol. The van der Waals surface area contributed by atoms with Gasteiger partial charge in [0.2, 0.25) is 0 Å². The summed E-state index contributed by atoms with van der Waals surface area (Å²) in [6, 6.07) is 5.70. The van der Waals surface area contributed by atoms with E-state index >= 15 is 0 Å². The van der Waals surface area contributed by atoms with Crippen molar-refractivity contribution < 1.29 is 14.6 Å². The Morgan fingerprint density at radius 1 is 1.42 bits per heavy atom. The molecule has 0 amide bonds. The number of fused-ring (bicyclic) bond motifs is 1.